The molecule has 1 atom stereocenters. The molecule has 8 heteroatoms. The lowest BCUT2D eigenvalue weighted by atomic mass is 10.1. The maximum absolute atomic E-state index is 13.8. The number of nitrogens with zero attached hydrogens (tertiary/aromatic N) is 2. The Morgan fingerprint density at radius 3 is 2.29 bits per heavy atom. The predicted molar refractivity (Wildman–Crippen MR) is 139 cm³/mol. The van der Waals surface area contributed by atoms with Crippen LogP contribution in [0.5, 0.6) is 0 Å². The second-order valence-corrected chi connectivity index (χ2v) is 9.07. The SMILES string of the molecule is CCCN1C(=O)C(NC(=O)CCc2ccc(Cl)cc2Cl)C(=O)N(c2ccccc2)c2ccccc21. The van der Waals surface area contributed by atoms with Gasteiger partial charge in [0.25, 0.3) is 11.8 Å². The van der Waals surface area contributed by atoms with Crippen molar-refractivity contribution in [2.45, 2.75) is 32.2 Å². The summed E-state index contributed by atoms with van der Waals surface area (Å²) in [7, 11) is 0. The maximum atomic E-state index is 13.8. The molecule has 1 unspecified atom stereocenters. The summed E-state index contributed by atoms with van der Waals surface area (Å²) < 4.78 is 0. The van der Waals surface area contributed by atoms with Crippen LogP contribution in [0.1, 0.15) is 25.3 Å². The van der Waals surface area contributed by atoms with Gasteiger partial charge in [-0.15, -0.1) is 0 Å². The molecule has 0 saturated heterocycles. The predicted octanol–water partition coefficient (Wildman–Crippen LogP) is 5.53. The number of amides is 3. The van der Waals surface area contributed by atoms with Crippen LogP contribution in [0.2, 0.25) is 10.0 Å². The minimum Gasteiger partial charge on any atom is -0.336 e. The quantitative estimate of drug-likeness (QED) is 0.425. The van der Waals surface area contributed by atoms with Crippen molar-refractivity contribution in [3.63, 3.8) is 0 Å². The van der Waals surface area contributed by atoms with Crippen molar-refractivity contribution >= 4 is 58.0 Å². The van der Waals surface area contributed by atoms with Crippen LogP contribution < -0.4 is 15.1 Å². The lowest BCUT2D eigenvalue weighted by molar-refractivity contribution is -0.133. The summed E-state index contributed by atoms with van der Waals surface area (Å²) in [4.78, 5) is 43.4. The first-order valence-corrected chi connectivity index (χ1v) is 12.2. The summed E-state index contributed by atoms with van der Waals surface area (Å²) in [6, 6.07) is 20.1. The van der Waals surface area contributed by atoms with Crippen LogP contribution in [-0.2, 0) is 20.8 Å². The van der Waals surface area contributed by atoms with Crippen LogP contribution in [0.3, 0.4) is 0 Å². The highest BCUT2D eigenvalue weighted by atomic mass is 35.5. The third-order valence-electron chi connectivity index (χ3n) is 5.80. The molecule has 6 nitrogen and oxygen atoms in total. The highest BCUT2D eigenvalue weighted by molar-refractivity contribution is 6.35. The lowest BCUT2D eigenvalue weighted by Crippen LogP contribution is -2.55. The standard InChI is InChI=1S/C27H25Cl2N3O3/c1-2-16-31-22-10-6-7-11-23(22)32(20-8-4-3-5-9-20)27(35)25(26(31)34)30-24(33)15-13-18-12-14-19(28)17-21(18)29/h3-12,14,17,25H,2,13,15-16H2,1H3,(H,30,33). The molecule has 0 spiro atoms. The van der Waals surface area contributed by atoms with E-state index in [4.69, 9.17) is 23.2 Å². The van der Waals surface area contributed by atoms with E-state index in [0.717, 1.165) is 5.56 Å². The van der Waals surface area contributed by atoms with Crippen molar-refractivity contribution in [3.05, 3.63) is 88.4 Å². The molecular weight excluding hydrogens is 485 g/mol. The number of benzene rings is 3. The van der Waals surface area contributed by atoms with Gasteiger partial charge in [-0.2, -0.15) is 0 Å². The first-order chi connectivity index (χ1) is 16.9. The second-order valence-electron chi connectivity index (χ2n) is 8.22. The number of anilines is 3. The molecular formula is C27H25Cl2N3O3. The number of hydrogen-bond donors (Lipinski definition) is 1. The zero-order valence-corrected chi connectivity index (χ0v) is 20.7. The normalized spacial score (nSPS) is 15.6. The van der Waals surface area contributed by atoms with Gasteiger partial charge in [-0.3, -0.25) is 19.3 Å². The van der Waals surface area contributed by atoms with E-state index in [9.17, 15) is 14.4 Å². The number of carbonyl (C=O) groups is 3. The molecule has 3 aromatic carbocycles. The van der Waals surface area contributed by atoms with Crippen molar-refractivity contribution in [3.8, 4) is 0 Å². The molecule has 0 fully saturated rings. The molecule has 1 aliphatic heterocycles. The molecule has 0 aliphatic carbocycles. The molecule has 3 amide bonds. The monoisotopic (exact) mass is 509 g/mol. The number of carbonyl (C=O) groups excluding carboxylic acids is 3. The molecule has 3 aromatic rings. The van der Waals surface area contributed by atoms with E-state index in [-0.39, 0.29) is 6.42 Å². The maximum Gasteiger partial charge on any atom is 0.264 e. The van der Waals surface area contributed by atoms with Gasteiger partial charge in [-0.1, -0.05) is 66.5 Å². The summed E-state index contributed by atoms with van der Waals surface area (Å²) in [5, 5.41) is 3.67. The zero-order valence-electron chi connectivity index (χ0n) is 19.2. The summed E-state index contributed by atoms with van der Waals surface area (Å²) in [5.41, 5.74) is 2.59. The van der Waals surface area contributed by atoms with Gasteiger partial charge in [0.2, 0.25) is 5.91 Å². The van der Waals surface area contributed by atoms with Crippen molar-refractivity contribution in [1.82, 2.24) is 5.32 Å². The fourth-order valence-corrected chi connectivity index (χ4v) is 4.64. The highest BCUT2D eigenvalue weighted by Crippen LogP contribution is 2.38. The van der Waals surface area contributed by atoms with E-state index in [1.807, 2.05) is 49.4 Å². The first kappa shape index (κ1) is 24.8. The molecule has 1 aliphatic rings. The third-order valence-corrected chi connectivity index (χ3v) is 6.38. The molecule has 1 N–H and O–H groups in total. The molecule has 0 bridgehead atoms. The Morgan fingerprint density at radius 1 is 0.914 bits per heavy atom. The Hall–Kier alpha value is -3.35. The fourth-order valence-electron chi connectivity index (χ4n) is 4.14. The molecule has 180 valence electrons. The van der Waals surface area contributed by atoms with Gasteiger partial charge < -0.3 is 10.2 Å². The average molecular weight is 510 g/mol. The number of aryl methyl sites for hydroxylation is 1. The summed E-state index contributed by atoms with van der Waals surface area (Å²) in [6.07, 6.45) is 1.10. The van der Waals surface area contributed by atoms with E-state index in [0.29, 0.717) is 46.5 Å². The molecule has 4 rings (SSSR count). The van der Waals surface area contributed by atoms with Gasteiger partial charge in [0.05, 0.1) is 11.4 Å². The molecule has 0 saturated carbocycles. The van der Waals surface area contributed by atoms with Gasteiger partial charge in [0.15, 0.2) is 6.04 Å². The lowest BCUT2D eigenvalue weighted by Gasteiger charge is -2.25. The third kappa shape index (κ3) is 5.34. The van der Waals surface area contributed by atoms with Crippen LogP contribution in [0, 0.1) is 0 Å². The van der Waals surface area contributed by atoms with Crippen molar-refractivity contribution in [1.29, 1.82) is 0 Å². The van der Waals surface area contributed by atoms with Crippen molar-refractivity contribution in [2.75, 3.05) is 16.3 Å². The number of fused-ring (bicyclic) bond motifs is 1. The summed E-state index contributed by atoms with van der Waals surface area (Å²) in [5.74, 6) is -1.39. The highest BCUT2D eigenvalue weighted by Gasteiger charge is 2.41. The van der Waals surface area contributed by atoms with Crippen LogP contribution >= 0.6 is 23.2 Å². The zero-order chi connectivity index (χ0) is 24.9. The Balaban J connectivity index is 1.65. The van der Waals surface area contributed by atoms with Gasteiger partial charge in [-0.05, 0) is 54.8 Å². The topological polar surface area (TPSA) is 69.7 Å². The molecule has 1 heterocycles. The minimum absolute atomic E-state index is 0.0600. The van der Waals surface area contributed by atoms with Crippen molar-refractivity contribution < 1.29 is 14.4 Å². The number of para-hydroxylation sites is 3. The van der Waals surface area contributed by atoms with E-state index in [1.165, 1.54) is 4.90 Å². The van der Waals surface area contributed by atoms with Crippen LogP contribution in [-0.4, -0.2) is 30.3 Å². The number of rotatable bonds is 7. The largest absolute Gasteiger partial charge is 0.336 e. The summed E-state index contributed by atoms with van der Waals surface area (Å²) in [6.45, 7) is 2.37. The number of nitrogens with one attached hydrogen (secondary N) is 1. The molecule has 0 radical (unpaired) electrons. The Labute approximate surface area is 214 Å². The molecule has 0 aromatic heterocycles. The van der Waals surface area contributed by atoms with E-state index >= 15 is 0 Å². The van der Waals surface area contributed by atoms with E-state index in [2.05, 4.69) is 5.32 Å². The Morgan fingerprint density at radius 2 is 1.60 bits per heavy atom. The van der Waals surface area contributed by atoms with Gasteiger partial charge in [-0.25, -0.2) is 0 Å². The Kier molecular flexibility index (Phi) is 7.73. The van der Waals surface area contributed by atoms with E-state index < -0.39 is 23.8 Å². The minimum atomic E-state index is -1.36. The Bertz CT molecular complexity index is 1250. The summed E-state index contributed by atoms with van der Waals surface area (Å²) >= 11 is 12.2. The number of hydrogen-bond acceptors (Lipinski definition) is 3. The van der Waals surface area contributed by atoms with Crippen LogP contribution in [0.15, 0.2) is 72.8 Å². The number of halogens is 2. The van der Waals surface area contributed by atoms with Gasteiger partial charge in [0, 0.05) is 28.7 Å². The van der Waals surface area contributed by atoms with Crippen molar-refractivity contribution in [2.24, 2.45) is 0 Å². The smallest absolute Gasteiger partial charge is 0.264 e. The van der Waals surface area contributed by atoms with Crippen LogP contribution in [0.25, 0.3) is 0 Å². The average Bonchev–Trinajstić information content (AvgIpc) is 2.93. The van der Waals surface area contributed by atoms with E-state index in [1.54, 1.807) is 35.2 Å². The second kappa shape index (κ2) is 10.9. The van der Waals surface area contributed by atoms with Gasteiger partial charge >= 0.3 is 0 Å². The fraction of sp³-hybridized carbons (Fsp3) is 0.222. The van der Waals surface area contributed by atoms with Crippen LogP contribution in [0.4, 0.5) is 17.1 Å². The molecule has 35 heavy (non-hydrogen) atoms. The van der Waals surface area contributed by atoms with Gasteiger partial charge in [0.1, 0.15) is 0 Å². The first-order valence-electron chi connectivity index (χ1n) is 11.4.